The van der Waals surface area contributed by atoms with Crippen molar-refractivity contribution in [3.05, 3.63) is 54.6 Å². The minimum atomic E-state index is 1.08. The molecule has 0 aliphatic carbocycles. The predicted molar refractivity (Wildman–Crippen MR) is 81.0 cm³/mol. The van der Waals surface area contributed by atoms with E-state index in [0.29, 0.717) is 0 Å². The molecule has 0 heterocycles. The number of thioether (sulfide) groups is 1. The summed E-state index contributed by atoms with van der Waals surface area (Å²) < 4.78 is 0. The zero-order valence-electron chi connectivity index (χ0n) is 9.60. The normalized spacial score (nSPS) is 10.4. The summed E-state index contributed by atoms with van der Waals surface area (Å²) in [5, 5.41) is 1.08. The molecule has 88 valence electrons. The molecule has 0 nitrogen and oxygen atoms in total. The molecule has 0 radical (unpaired) electrons. The van der Waals surface area contributed by atoms with Gasteiger partial charge in [0.15, 0.2) is 0 Å². The summed E-state index contributed by atoms with van der Waals surface area (Å²) in [6.45, 7) is 0. The highest BCUT2D eigenvalue weighted by Crippen LogP contribution is 2.31. The molecule has 0 bridgehead atoms. The van der Waals surface area contributed by atoms with E-state index in [1.54, 1.807) is 0 Å². The van der Waals surface area contributed by atoms with E-state index in [2.05, 4.69) is 70.5 Å². The van der Waals surface area contributed by atoms with Crippen LogP contribution in [-0.2, 0) is 0 Å². The minimum absolute atomic E-state index is 1.08. The van der Waals surface area contributed by atoms with E-state index in [1.807, 2.05) is 11.8 Å². The van der Waals surface area contributed by atoms with Gasteiger partial charge in [0.1, 0.15) is 0 Å². The number of rotatable bonds is 5. The van der Waals surface area contributed by atoms with Gasteiger partial charge in [0, 0.05) is 10.2 Å². The highest BCUT2D eigenvalue weighted by Gasteiger charge is 2.03. The minimum Gasteiger partial charge on any atom is -0.125 e. The van der Waals surface area contributed by atoms with Crippen molar-refractivity contribution in [2.24, 2.45) is 0 Å². The van der Waals surface area contributed by atoms with Crippen LogP contribution in [0.4, 0.5) is 0 Å². The zero-order chi connectivity index (χ0) is 11.9. The molecule has 0 N–H and O–H groups in total. The molecule has 2 aromatic carbocycles. The summed E-state index contributed by atoms with van der Waals surface area (Å²) in [5.41, 5.74) is 2.64. The fourth-order valence-electron chi connectivity index (χ4n) is 1.69. The van der Waals surface area contributed by atoms with Crippen LogP contribution in [0, 0.1) is 0 Å². The summed E-state index contributed by atoms with van der Waals surface area (Å²) in [6.07, 6.45) is 1.20. The van der Waals surface area contributed by atoms with E-state index in [1.165, 1.54) is 22.4 Å². The second-order valence-electron chi connectivity index (χ2n) is 3.75. The average Bonchev–Trinajstić information content (AvgIpc) is 2.41. The van der Waals surface area contributed by atoms with Crippen molar-refractivity contribution < 1.29 is 0 Å². The third kappa shape index (κ3) is 3.62. The summed E-state index contributed by atoms with van der Waals surface area (Å²) in [7, 11) is 0. The molecule has 0 atom stereocenters. The van der Waals surface area contributed by atoms with Gasteiger partial charge in [-0.05, 0) is 29.4 Å². The standard InChI is InChI=1S/C15H15BrS/c16-11-6-12-17-15-10-5-4-9-14(15)13-7-2-1-3-8-13/h1-5,7-10H,6,11-12H2. The fraction of sp³-hybridized carbons (Fsp3) is 0.200. The molecule has 0 aromatic heterocycles. The number of halogens is 1. The van der Waals surface area contributed by atoms with Crippen molar-refractivity contribution >= 4 is 27.7 Å². The molecule has 0 aliphatic rings. The average molecular weight is 307 g/mol. The maximum Gasteiger partial charge on any atom is 0.0150 e. The van der Waals surface area contributed by atoms with Gasteiger partial charge in [-0.3, -0.25) is 0 Å². The lowest BCUT2D eigenvalue weighted by molar-refractivity contribution is 1.13. The second kappa shape index (κ2) is 6.87. The highest BCUT2D eigenvalue weighted by atomic mass is 79.9. The van der Waals surface area contributed by atoms with Crippen molar-refractivity contribution in [2.75, 3.05) is 11.1 Å². The van der Waals surface area contributed by atoms with Gasteiger partial charge < -0.3 is 0 Å². The smallest absolute Gasteiger partial charge is 0.0150 e. The lowest BCUT2D eigenvalue weighted by Gasteiger charge is -2.08. The molecule has 0 saturated heterocycles. The van der Waals surface area contributed by atoms with Crippen LogP contribution in [0.3, 0.4) is 0 Å². The first kappa shape index (κ1) is 12.7. The predicted octanol–water partition coefficient (Wildman–Crippen LogP) is 5.23. The third-order valence-corrected chi connectivity index (χ3v) is 4.23. The van der Waals surface area contributed by atoms with Crippen LogP contribution in [0.1, 0.15) is 6.42 Å². The Hall–Kier alpha value is -0.730. The van der Waals surface area contributed by atoms with Gasteiger partial charge >= 0.3 is 0 Å². The topological polar surface area (TPSA) is 0 Å². The third-order valence-electron chi connectivity index (χ3n) is 2.51. The van der Waals surface area contributed by atoms with Crippen LogP contribution in [0.2, 0.25) is 0 Å². The van der Waals surface area contributed by atoms with Gasteiger partial charge in [-0.15, -0.1) is 11.8 Å². The second-order valence-corrected chi connectivity index (χ2v) is 5.68. The summed E-state index contributed by atoms with van der Waals surface area (Å²) in [6, 6.07) is 19.2. The lowest BCUT2D eigenvalue weighted by Crippen LogP contribution is -1.85. The van der Waals surface area contributed by atoms with Crippen LogP contribution >= 0.6 is 27.7 Å². The van der Waals surface area contributed by atoms with Gasteiger partial charge in [-0.2, -0.15) is 0 Å². The lowest BCUT2D eigenvalue weighted by atomic mass is 10.1. The molecule has 2 heteroatoms. The van der Waals surface area contributed by atoms with Gasteiger partial charge in [-0.25, -0.2) is 0 Å². The molecule has 17 heavy (non-hydrogen) atoms. The number of hydrogen-bond acceptors (Lipinski definition) is 1. The number of alkyl halides is 1. The summed E-state index contributed by atoms with van der Waals surface area (Å²) >= 11 is 5.41. The molecular weight excluding hydrogens is 292 g/mol. The summed E-state index contributed by atoms with van der Waals surface area (Å²) in [5.74, 6) is 1.16. The molecule has 0 saturated carbocycles. The van der Waals surface area contributed by atoms with E-state index in [-0.39, 0.29) is 0 Å². The molecule has 0 amide bonds. The highest BCUT2D eigenvalue weighted by molar-refractivity contribution is 9.09. The van der Waals surface area contributed by atoms with Crippen molar-refractivity contribution in [1.82, 2.24) is 0 Å². The molecule has 0 fully saturated rings. The monoisotopic (exact) mass is 306 g/mol. The maximum atomic E-state index is 3.47. The molecule has 2 rings (SSSR count). The fourth-order valence-corrected chi connectivity index (χ4v) is 3.36. The van der Waals surface area contributed by atoms with Crippen molar-refractivity contribution in [3.8, 4) is 11.1 Å². The SMILES string of the molecule is BrCCCSc1ccccc1-c1ccccc1. The van der Waals surface area contributed by atoms with E-state index in [4.69, 9.17) is 0 Å². The Balaban J connectivity index is 2.22. The quantitative estimate of drug-likeness (QED) is 0.414. The first-order valence-electron chi connectivity index (χ1n) is 5.75. The first-order valence-corrected chi connectivity index (χ1v) is 7.86. The van der Waals surface area contributed by atoms with Crippen LogP contribution < -0.4 is 0 Å². The Morgan fingerprint density at radius 1 is 0.882 bits per heavy atom. The molecule has 0 spiro atoms. The largest absolute Gasteiger partial charge is 0.125 e. The first-order chi connectivity index (χ1) is 8.42. The van der Waals surface area contributed by atoms with Crippen molar-refractivity contribution in [1.29, 1.82) is 0 Å². The molecule has 2 aromatic rings. The van der Waals surface area contributed by atoms with Gasteiger partial charge in [0.05, 0.1) is 0 Å². The van der Waals surface area contributed by atoms with Crippen molar-refractivity contribution in [2.45, 2.75) is 11.3 Å². The Morgan fingerprint density at radius 3 is 2.35 bits per heavy atom. The molecule has 0 unspecified atom stereocenters. The number of benzene rings is 2. The Kier molecular flexibility index (Phi) is 5.14. The van der Waals surface area contributed by atoms with Gasteiger partial charge in [0.2, 0.25) is 0 Å². The van der Waals surface area contributed by atoms with E-state index in [0.717, 1.165) is 11.1 Å². The zero-order valence-corrected chi connectivity index (χ0v) is 12.0. The number of hydrogen-bond donors (Lipinski definition) is 0. The maximum absolute atomic E-state index is 3.47. The molecular formula is C15H15BrS. The Labute approximate surface area is 116 Å². The van der Waals surface area contributed by atoms with E-state index in [9.17, 15) is 0 Å². The summed E-state index contributed by atoms with van der Waals surface area (Å²) in [4.78, 5) is 1.37. The van der Waals surface area contributed by atoms with Crippen LogP contribution in [0.25, 0.3) is 11.1 Å². The van der Waals surface area contributed by atoms with Crippen LogP contribution in [-0.4, -0.2) is 11.1 Å². The van der Waals surface area contributed by atoms with Crippen molar-refractivity contribution in [3.63, 3.8) is 0 Å². The van der Waals surface area contributed by atoms with Crippen LogP contribution in [0.5, 0.6) is 0 Å². The van der Waals surface area contributed by atoms with Crippen LogP contribution in [0.15, 0.2) is 59.5 Å². The van der Waals surface area contributed by atoms with Gasteiger partial charge in [0.25, 0.3) is 0 Å². The Bertz CT molecular complexity index is 453. The Morgan fingerprint density at radius 2 is 1.59 bits per heavy atom. The van der Waals surface area contributed by atoms with E-state index < -0.39 is 0 Å². The molecule has 0 aliphatic heterocycles. The van der Waals surface area contributed by atoms with Gasteiger partial charge in [-0.1, -0.05) is 64.5 Å². The van der Waals surface area contributed by atoms with E-state index >= 15 is 0 Å².